The Bertz CT molecular complexity index is 541. The second-order valence-electron chi connectivity index (χ2n) is 5.76. The number of ether oxygens (including phenoxy) is 1. The molecule has 7 heteroatoms. The number of nitrogens with zero attached hydrogens (tertiary/aromatic N) is 1. The molecule has 0 saturated carbocycles. The van der Waals surface area contributed by atoms with E-state index < -0.39 is 16.4 Å². The summed E-state index contributed by atoms with van der Waals surface area (Å²) >= 11 is 0. The van der Waals surface area contributed by atoms with Crippen molar-refractivity contribution in [3.8, 4) is 5.75 Å². The fourth-order valence-corrected chi connectivity index (χ4v) is 1.96. The van der Waals surface area contributed by atoms with E-state index in [1.807, 2.05) is 13.8 Å². The number of benzene rings is 1. The number of carbonyl (C=O) groups is 1. The van der Waals surface area contributed by atoms with Gasteiger partial charge in [-0.25, -0.2) is 0 Å². The molecule has 1 amide bonds. The second kappa shape index (κ2) is 6.43. The lowest BCUT2D eigenvalue weighted by Crippen LogP contribution is -2.35. The third kappa shape index (κ3) is 5.29. The Morgan fingerprint density at radius 2 is 2.10 bits per heavy atom. The lowest BCUT2D eigenvalue weighted by atomic mass is 10.00. The van der Waals surface area contributed by atoms with Gasteiger partial charge in [0.25, 0.3) is 0 Å². The van der Waals surface area contributed by atoms with Crippen molar-refractivity contribution in [2.24, 2.45) is 5.73 Å². The predicted molar refractivity (Wildman–Crippen MR) is 80.4 cm³/mol. The van der Waals surface area contributed by atoms with Gasteiger partial charge in [0.15, 0.2) is 5.75 Å². The van der Waals surface area contributed by atoms with Crippen LogP contribution in [0.15, 0.2) is 18.2 Å². The number of nitro groups is 1. The molecule has 0 aliphatic rings. The zero-order valence-corrected chi connectivity index (χ0v) is 12.7. The number of nitrogens with two attached hydrogens (primary N) is 1. The van der Waals surface area contributed by atoms with Gasteiger partial charge < -0.3 is 15.8 Å². The van der Waals surface area contributed by atoms with Crippen molar-refractivity contribution in [2.45, 2.75) is 45.8 Å². The first-order chi connectivity index (χ1) is 9.60. The van der Waals surface area contributed by atoms with Crippen LogP contribution in [0.4, 0.5) is 11.4 Å². The SMILES string of the molecule is CC(C)Oc1cc(NC(C)(C)CC(N)=O)ccc1[N+](=O)[O-]. The van der Waals surface area contributed by atoms with Crippen molar-refractivity contribution < 1.29 is 14.5 Å². The van der Waals surface area contributed by atoms with E-state index >= 15 is 0 Å². The molecular weight excluding hydrogens is 274 g/mol. The van der Waals surface area contributed by atoms with E-state index in [-0.39, 0.29) is 24.0 Å². The minimum atomic E-state index is -0.558. The number of nitrogens with one attached hydrogen (secondary N) is 1. The van der Waals surface area contributed by atoms with Gasteiger partial charge >= 0.3 is 5.69 Å². The van der Waals surface area contributed by atoms with Crippen LogP contribution in [0.5, 0.6) is 5.75 Å². The average Bonchev–Trinajstić information content (AvgIpc) is 2.24. The van der Waals surface area contributed by atoms with Crippen molar-refractivity contribution >= 4 is 17.3 Å². The number of amides is 1. The third-order valence-corrected chi connectivity index (χ3v) is 2.62. The molecule has 3 N–H and O–H groups in total. The highest BCUT2D eigenvalue weighted by Gasteiger charge is 2.22. The smallest absolute Gasteiger partial charge is 0.311 e. The zero-order chi connectivity index (χ0) is 16.2. The van der Waals surface area contributed by atoms with Gasteiger partial charge in [0, 0.05) is 29.8 Å². The molecule has 0 radical (unpaired) electrons. The molecule has 0 aliphatic carbocycles. The normalized spacial score (nSPS) is 11.3. The van der Waals surface area contributed by atoms with E-state index in [0.29, 0.717) is 5.69 Å². The molecule has 21 heavy (non-hydrogen) atoms. The first kappa shape index (κ1) is 16.7. The molecule has 0 unspecified atom stereocenters. The summed E-state index contributed by atoms with van der Waals surface area (Å²) in [6.07, 6.45) is -0.0396. The van der Waals surface area contributed by atoms with Gasteiger partial charge in [0.05, 0.1) is 11.0 Å². The van der Waals surface area contributed by atoms with Gasteiger partial charge in [-0.3, -0.25) is 14.9 Å². The molecule has 1 aromatic rings. The van der Waals surface area contributed by atoms with Gasteiger partial charge in [0.2, 0.25) is 5.91 Å². The minimum absolute atomic E-state index is 0.0954. The van der Waals surface area contributed by atoms with Crippen LogP contribution in [0.1, 0.15) is 34.1 Å². The van der Waals surface area contributed by atoms with Crippen LogP contribution in [-0.4, -0.2) is 22.5 Å². The Hall–Kier alpha value is -2.31. The topological polar surface area (TPSA) is 107 Å². The van der Waals surface area contributed by atoms with Crippen molar-refractivity contribution in [2.75, 3.05) is 5.32 Å². The van der Waals surface area contributed by atoms with Crippen LogP contribution in [0, 0.1) is 10.1 Å². The maximum absolute atomic E-state index is 11.0. The lowest BCUT2D eigenvalue weighted by Gasteiger charge is -2.26. The van der Waals surface area contributed by atoms with Crippen molar-refractivity contribution in [1.82, 2.24) is 0 Å². The van der Waals surface area contributed by atoms with Gasteiger partial charge in [-0.1, -0.05) is 0 Å². The van der Waals surface area contributed by atoms with Crippen LogP contribution >= 0.6 is 0 Å². The van der Waals surface area contributed by atoms with E-state index in [9.17, 15) is 14.9 Å². The highest BCUT2D eigenvalue weighted by atomic mass is 16.6. The average molecular weight is 295 g/mol. The van der Waals surface area contributed by atoms with Crippen LogP contribution in [-0.2, 0) is 4.79 Å². The predicted octanol–water partition coefficient (Wildman–Crippen LogP) is 2.45. The largest absolute Gasteiger partial charge is 0.484 e. The molecule has 0 bridgehead atoms. The highest BCUT2D eigenvalue weighted by molar-refractivity contribution is 5.75. The summed E-state index contributed by atoms with van der Waals surface area (Å²) < 4.78 is 5.47. The molecule has 0 heterocycles. The Morgan fingerprint density at radius 3 is 2.57 bits per heavy atom. The molecular formula is C14H21N3O4. The summed E-state index contributed by atoms with van der Waals surface area (Å²) in [4.78, 5) is 21.5. The van der Waals surface area contributed by atoms with Gasteiger partial charge in [-0.2, -0.15) is 0 Å². The number of nitro benzene ring substituents is 1. The molecule has 1 rings (SSSR count). The molecule has 0 saturated heterocycles. The van der Waals surface area contributed by atoms with Crippen molar-refractivity contribution in [3.63, 3.8) is 0 Å². The molecule has 0 aromatic heterocycles. The van der Waals surface area contributed by atoms with Crippen LogP contribution in [0.3, 0.4) is 0 Å². The Labute approximate surface area is 123 Å². The summed E-state index contributed by atoms with van der Waals surface area (Å²) in [5.74, 6) is -0.233. The molecule has 116 valence electrons. The molecule has 7 nitrogen and oxygen atoms in total. The third-order valence-electron chi connectivity index (χ3n) is 2.62. The number of carbonyl (C=O) groups excluding carboxylic acids is 1. The first-order valence-corrected chi connectivity index (χ1v) is 6.62. The lowest BCUT2D eigenvalue weighted by molar-refractivity contribution is -0.386. The van der Waals surface area contributed by atoms with Crippen LogP contribution in [0.2, 0.25) is 0 Å². The van der Waals surface area contributed by atoms with Crippen molar-refractivity contribution in [3.05, 3.63) is 28.3 Å². The summed E-state index contributed by atoms with van der Waals surface area (Å²) in [7, 11) is 0. The summed E-state index contributed by atoms with van der Waals surface area (Å²) in [5, 5.41) is 14.1. The fraction of sp³-hybridized carbons (Fsp3) is 0.500. The van der Waals surface area contributed by atoms with Gasteiger partial charge in [0.1, 0.15) is 0 Å². The van der Waals surface area contributed by atoms with E-state index in [1.54, 1.807) is 26.0 Å². The fourth-order valence-electron chi connectivity index (χ4n) is 1.96. The number of anilines is 1. The first-order valence-electron chi connectivity index (χ1n) is 6.62. The molecule has 0 aliphatic heterocycles. The van der Waals surface area contributed by atoms with Crippen LogP contribution in [0.25, 0.3) is 0 Å². The Kier molecular flexibility index (Phi) is 5.12. The molecule has 0 fully saturated rings. The van der Waals surface area contributed by atoms with Crippen molar-refractivity contribution in [1.29, 1.82) is 0 Å². The van der Waals surface area contributed by atoms with E-state index in [4.69, 9.17) is 10.5 Å². The number of hydrogen-bond acceptors (Lipinski definition) is 5. The molecule has 0 atom stereocenters. The van der Waals surface area contributed by atoms with Gasteiger partial charge in [-0.05, 0) is 33.8 Å². The monoisotopic (exact) mass is 295 g/mol. The number of hydrogen-bond donors (Lipinski definition) is 2. The number of primary amides is 1. The maximum Gasteiger partial charge on any atom is 0.311 e. The standard InChI is InChI=1S/C14H21N3O4/c1-9(2)21-12-7-10(5-6-11(12)17(19)20)16-14(3,4)8-13(15)18/h5-7,9,16H,8H2,1-4H3,(H2,15,18). The quantitative estimate of drug-likeness (QED) is 0.593. The number of rotatable bonds is 7. The van der Waals surface area contributed by atoms with E-state index in [2.05, 4.69) is 5.32 Å². The Morgan fingerprint density at radius 1 is 1.48 bits per heavy atom. The maximum atomic E-state index is 11.0. The molecule has 1 aromatic carbocycles. The minimum Gasteiger partial charge on any atom is -0.484 e. The summed E-state index contributed by atoms with van der Waals surface area (Å²) in [6.45, 7) is 7.23. The Balaban J connectivity index is 3.04. The van der Waals surface area contributed by atoms with Gasteiger partial charge in [-0.15, -0.1) is 0 Å². The zero-order valence-electron chi connectivity index (χ0n) is 12.7. The van der Waals surface area contributed by atoms with Crippen LogP contribution < -0.4 is 15.8 Å². The molecule has 0 spiro atoms. The summed E-state index contributed by atoms with van der Waals surface area (Å²) in [5.41, 5.74) is 5.17. The van der Waals surface area contributed by atoms with E-state index in [1.165, 1.54) is 6.07 Å². The van der Waals surface area contributed by atoms with E-state index in [0.717, 1.165) is 0 Å². The summed E-state index contributed by atoms with van der Waals surface area (Å²) in [6, 6.07) is 4.51. The second-order valence-corrected chi connectivity index (χ2v) is 5.76. The highest BCUT2D eigenvalue weighted by Crippen LogP contribution is 2.32.